The van der Waals surface area contributed by atoms with Crippen LogP contribution in [0.1, 0.15) is 25.1 Å². The largest absolute Gasteiger partial charge is 0.483 e. The Balaban J connectivity index is 0.00000135. The van der Waals surface area contributed by atoms with Crippen molar-refractivity contribution in [2.75, 3.05) is 0 Å². The molecule has 0 spiro atoms. The topological polar surface area (TPSA) is 165 Å². The summed E-state index contributed by atoms with van der Waals surface area (Å²) in [5.74, 6) is 0.601. The number of pyridine rings is 1. The van der Waals surface area contributed by atoms with Gasteiger partial charge in [0.05, 0.1) is 6.54 Å². The van der Waals surface area contributed by atoms with E-state index in [-0.39, 0.29) is 18.5 Å². The average molecular weight is 309 g/mol. The van der Waals surface area contributed by atoms with Gasteiger partial charge in [0.1, 0.15) is 5.84 Å². The van der Waals surface area contributed by atoms with Crippen molar-refractivity contribution in [1.29, 1.82) is 0 Å². The summed E-state index contributed by atoms with van der Waals surface area (Å²) >= 11 is 0. The van der Waals surface area contributed by atoms with E-state index < -0.39 is 0 Å². The number of guanidine groups is 1. The van der Waals surface area contributed by atoms with Gasteiger partial charge in [0, 0.05) is 24.4 Å². The zero-order chi connectivity index (χ0) is 17.0. The first-order chi connectivity index (χ1) is 10.4. The van der Waals surface area contributed by atoms with Crippen molar-refractivity contribution in [1.82, 2.24) is 10.4 Å². The number of nitrogens with one attached hydrogen (secondary N) is 1. The third-order valence-corrected chi connectivity index (χ3v) is 2.20. The zero-order valence-corrected chi connectivity index (χ0v) is 12.7. The van der Waals surface area contributed by atoms with Crippen molar-refractivity contribution >= 4 is 18.3 Å². The second-order valence-corrected chi connectivity index (χ2v) is 4.51. The van der Waals surface area contributed by atoms with Gasteiger partial charge in [-0.1, -0.05) is 6.07 Å². The number of rotatable bonds is 5. The fraction of sp³-hybridized carbons (Fsp3) is 0.385. The molecule has 122 valence electrons. The molecular formula is C13H23N7O2. The first-order valence-corrected chi connectivity index (χ1v) is 6.52. The highest BCUT2D eigenvalue weighted by Gasteiger charge is 1.99. The van der Waals surface area contributed by atoms with Gasteiger partial charge in [-0.2, -0.15) is 5.10 Å². The summed E-state index contributed by atoms with van der Waals surface area (Å²) in [4.78, 5) is 16.8. The fourth-order valence-electron chi connectivity index (χ4n) is 1.36. The molecule has 1 aromatic heterocycles. The minimum Gasteiger partial charge on any atom is -0.483 e. The summed E-state index contributed by atoms with van der Waals surface area (Å²) in [6.07, 6.45) is 2.53. The summed E-state index contributed by atoms with van der Waals surface area (Å²) in [6.45, 7) is 3.79. The van der Waals surface area contributed by atoms with Gasteiger partial charge >= 0.3 is 0 Å². The van der Waals surface area contributed by atoms with Crippen LogP contribution >= 0.6 is 0 Å². The molecule has 9 nitrogen and oxygen atoms in total. The second-order valence-electron chi connectivity index (χ2n) is 4.51. The molecule has 0 aliphatic heterocycles. The van der Waals surface area contributed by atoms with E-state index in [1.54, 1.807) is 13.1 Å². The van der Waals surface area contributed by atoms with Crippen molar-refractivity contribution in [2.24, 2.45) is 27.3 Å². The molecule has 0 bridgehead atoms. The average Bonchev–Trinajstić information content (AvgIpc) is 2.44. The molecule has 1 aromatic rings. The number of hydrogen-bond acceptors (Lipinski definition) is 5. The third kappa shape index (κ3) is 10.1. The number of nitrogens with two attached hydrogens (primary N) is 3. The number of amidine groups is 1. The lowest BCUT2D eigenvalue weighted by Gasteiger charge is -2.05. The zero-order valence-electron chi connectivity index (χ0n) is 12.7. The Morgan fingerprint density at radius 1 is 1.50 bits per heavy atom. The van der Waals surface area contributed by atoms with E-state index in [0.717, 1.165) is 17.7 Å². The standard InChI is InChI=1S/C12H21N7.CH2O2/c1-8(13)5-11-4-3-10(6-16-11)7-17-12(15)19-18-9(2)14;2-1-3/h3-4,6,8H,5,7,13H2,1-2H3,(H2,14,18)(H3,15,17,19);1H,(H,2,3). The molecule has 0 saturated heterocycles. The summed E-state index contributed by atoms with van der Waals surface area (Å²) in [5, 5.41) is 10.6. The molecule has 0 aliphatic carbocycles. The monoisotopic (exact) mass is 309 g/mol. The molecular weight excluding hydrogens is 286 g/mol. The molecule has 9 heteroatoms. The SMILES string of the molecule is C/C(N)=N/NC(N)=NCc1ccc(CC(C)N)nc1.O=CO. The van der Waals surface area contributed by atoms with E-state index in [2.05, 4.69) is 20.5 Å². The third-order valence-electron chi connectivity index (χ3n) is 2.20. The Morgan fingerprint density at radius 3 is 2.59 bits per heavy atom. The van der Waals surface area contributed by atoms with Gasteiger partial charge in [0.25, 0.3) is 6.47 Å². The van der Waals surface area contributed by atoms with Crippen LogP contribution in [0, 0.1) is 0 Å². The van der Waals surface area contributed by atoms with Crippen molar-refractivity contribution in [3.8, 4) is 0 Å². The first-order valence-electron chi connectivity index (χ1n) is 6.52. The Labute approximate surface area is 129 Å². The molecule has 1 atom stereocenters. The number of carboxylic acid groups (broad SMARTS) is 1. The van der Waals surface area contributed by atoms with E-state index in [9.17, 15) is 0 Å². The molecule has 0 fully saturated rings. The predicted molar refractivity (Wildman–Crippen MR) is 86.0 cm³/mol. The minimum atomic E-state index is -0.250. The lowest BCUT2D eigenvalue weighted by molar-refractivity contribution is -0.122. The highest BCUT2D eigenvalue weighted by atomic mass is 16.3. The summed E-state index contributed by atoms with van der Waals surface area (Å²) < 4.78 is 0. The van der Waals surface area contributed by atoms with Crippen LogP contribution in [-0.2, 0) is 17.8 Å². The quantitative estimate of drug-likeness (QED) is 0.209. The van der Waals surface area contributed by atoms with Crippen molar-refractivity contribution < 1.29 is 9.90 Å². The van der Waals surface area contributed by atoms with Gasteiger partial charge < -0.3 is 22.3 Å². The van der Waals surface area contributed by atoms with Crippen molar-refractivity contribution in [2.45, 2.75) is 32.9 Å². The van der Waals surface area contributed by atoms with E-state index in [1.165, 1.54) is 0 Å². The highest BCUT2D eigenvalue weighted by molar-refractivity contribution is 5.82. The Morgan fingerprint density at radius 2 is 2.14 bits per heavy atom. The number of carbonyl (C=O) groups is 1. The minimum absolute atomic E-state index is 0.105. The molecule has 1 unspecified atom stereocenters. The van der Waals surface area contributed by atoms with Crippen LogP contribution in [0.25, 0.3) is 0 Å². The van der Waals surface area contributed by atoms with Gasteiger partial charge in [0.15, 0.2) is 0 Å². The fourth-order valence-corrected chi connectivity index (χ4v) is 1.36. The van der Waals surface area contributed by atoms with E-state index in [0.29, 0.717) is 12.4 Å². The molecule has 0 saturated carbocycles. The maximum Gasteiger partial charge on any atom is 0.290 e. The molecule has 0 radical (unpaired) electrons. The molecule has 1 rings (SSSR count). The number of aliphatic imine (C=N–C) groups is 1. The van der Waals surface area contributed by atoms with Gasteiger partial charge in [-0.25, -0.2) is 10.4 Å². The van der Waals surface area contributed by atoms with Crippen LogP contribution < -0.4 is 22.6 Å². The second kappa shape index (κ2) is 11.0. The molecule has 8 N–H and O–H groups in total. The maximum absolute atomic E-state index is 8.36. The molecule has 0 aromatic carbocycles. The van der Waals surface area contributed by atoms with Crippen LogP contribution in [0.4, 0.5) is 0 Å². The normalized spacial score (nSPS) is 12.9. The maximum atomic E-state index is 8.36. The number of aromatic nitrogens is 1. The lowest BCUT2D eigenvalue weighted by atomic mass is 10.1. The van der Waals surface area contributed by atoms with Gasteiger partial charge in [-0.3, -0.25) is 9.78 Å². The molecule has 1 heterocycles. The summed E-state index contributed by atoms with van der Waals surface area (Å²) in [7, 11) is 0. The van der Waals surface area contributed by atoms with E-state index in [1.807, 2.05) is 19.1 Å². The van der Waals surface area contributed by atoms with E-state index in [4.69, 9.17) is 27.1 Å². The number of nitrogens with zero attached hydrogens (tertiary/aromatic N) is 3. The first kappa shape index (κ1) is 19.3. The Bertz CT molecular complexity index is 494. The number of hydrogen-bond donors (Lipinski definition) is 5. The van der Waals surface area contributed by atoms with Crippen molar-refractivity contribution in [3.63, 3.8) is 0 Å². The van der Waals surface area contributed by atoms with Gasteiger partial charge in [-0.05, 0) is 25.5 Å². The highest BCUT2D eigenvalue weighted by Crippen LogP contribution is 2.03. The Kier molecular flexibility index (Phi) is 9.69. The van der Waals surface area contributed by atoms with Gasteiger partial charge in [-0.15, -0.1) is 0 Å². The van der Waals surface area contributed by atoms with E-state index >= 15 is 0 Å². The van der Waals surface area contributed by atoms with Crippen LogP contribution in [0.5, 0.6) is 0 Å². The van der Waals surface area contributed by atoms with Crippen molar-refractivity contribution in [3.05, 3.63) is 29.6 Å². The predicted octanol–water partition coefficient (Wildman–Crippen LogP) is -0.631. The van der Waals surface area contributed by atoms with Gasteiger partial charge in [0.2, 0.25) is 5.96 Å². The molecule has 0 aliphatic rings. The Hall–Kier alpha value is -2.68. The lowest BCUT2D eigenvalue weighted by Crippen LogP contribution is -2.29. The van der Waals surface area contributed by atoms with Crippen LogP contribution in [0.15, 0.2) is 28.4 Å². The molecule has 0 amide bonds. The van der Waals surface area contributed by atoms with Crippen LogP contribution in [0.3, 0.4) is 0 Å². The summed E-state index contributed by atoms with van der Waals surface area (Å²) in [5.41, 5.74) is 21.2. The summed E-state index contributed by atoms with van der Waals surface area (Å²) in [6, 6.07) is 4.01. The van der Waals surface area contributed by atoms with Crippen LogP contribution in [0.2, 0.25) is 0 Å². The number of hydrazone groups is 1. The molecule has 22 heavy (non-hydrogen) atoms. The van der Waals surface area contributed by atoms with Crippen LogP contribution in [-0.4, -0.2) is 34.4 Å². The smallest absolute Gasteiger partial charge is 0.290 e.